The largest absolute Gasteiger partial charge is 0.384 e. The summed E-state index contributed by atoms with van der Waals surface area (Å²) in [5.41, 5.74) is 6.07. The molecular formula is C26H23N5O. The van der Waals surface area contributed by atoms with Crippen LogP contribution in [0.2, 0.25) is 0 Å². The molecule has 6 heteroatoms. The van der Waals surface area contributed by atoms with Gasteiger partial charge in [-0.2, -0.15) is 10.2 Å². The molecule has 1 atom stereocenters. The molecule has 1 aromatic heterocycles. The Balaban J connectivity index is 1.54. The quantitative estimate of drug-likeness (QED) is 0.379. The number of benzene rings is 3. The van der Waals surface area contributed by atoms with E-state index in [1.54, 1.807) is 24.4 Å². The van der Waals surface area contributed by atoms with Gasteiger partial charge in [-0.05, 0) is 66.4 Å². The molecule has 1 heterocycles. The summed E-state index contributed by atoms with van der Waals surface area (Å²) >= 11 is 0. The zero-order valence-electron chi connectivity index (χ0n) is 17.9. The van der Waals surface area contributed by atoms with Crippen LogP contribution in [0.1, 0.15) is 33.9 Å². The molecule has 0 amide bonds. The Kier molecular flexibility index (Phi) is 6.11. The third-order valence-electron chi connectivity index (χ3n) is 5.16. The van der Waals surface area contributed by atoms with Crippen molar-refractivity contribution in [2.24, 2.45) is 0 Å². The summed E-state index contributed by atoms with van der Waals surface area (Å²) in [5, 5.41) is 26.2. The average Bonchev–Trinajstić information content (AvgIpc) is 2.82. The van der Waals surface area contributed by atoms with Crippen LogP contribution in [0.25, 0.3) is 0 Å². The smallest absolute Gasteiger partial charge is 0.229 e. The fraction of sp³-hybridized carbons (Fsp3) is 0.115. The number of anilines is 4. The van der Waals surface area contributed by atoms with Crippen LogP contribution >= 0.6 is 0 Å². The zero-order valence-corrected chi connectivity index (χ0v) is 17.9. The molecule has 0 bridgehead atoms. The summed E-state index contributed by atoms with van der Waals surface area (Å²) < 4.78 is 0. The molecule has 0 aliphatic heterocycles. The zero-order chi connectivity index (χ0) is 22.5. The highest BCUT2D eigenvalue weighted by atomic mass is 16.3. The molecule has 0 unspecified atom stereocenters. The third kappa shape index (κ3) is 4.75. The van der Waals surface area contributed by atoms with Gasteiger partial charge in [0.2, 0.25) is 5.95 Å². The SMILES string of the molecule is Cc1cc([C@@H](O)c2ccccc2)cc(C)c1Nc1ccnc(Nc2ccc(C#N)cc2)n1. The van der Waals surface area contributed by atoms with E-state index in [0.717, 1.165) is 33.6 Å². The van der Waals surface area contributed by atoms with Crippen molar-refractivity contribution in [2.75, 3.05) is 10.6 Å². The molecule has 0 radical (unpaired) electrons. The number of nitriles is 1. The number of nitrogens with zero attached hydrogens (tertiary/aromatic N) is 3. The number of hydrogen-bond acceptors (Lipinski definition) is 6. The van der Waals surface area contributed by atoms with Crippen molar-refractivity contribution >= 4 is 23.1 Å². The van der Waals surface area contributed by atoms with Crippen LogP contribution in [0.3, 0.4) is 0 Å². The predicted molar refractivity (Wildman–Crippen MR) is 126 cm³/mol. The van der Waals surface area contributed by atoms with Crippen LogP contribution < -0.4 is 10.6 Å². The second-order valence-electron chi connectivity index (χ2n) is 7.55. The van der Waals surface area contributed by atoms with E-state index in [1.807, 2.05) is 68.4 Å². The highest BCUT2D eigenvalue weighted by Crippen LogP contribution is 2.30. The molecule has 4 rings (SSSR count). The van der Waals surface area contributed by atoms with Gasteiger partial charge in [0, 0.05) is 17.6 Å². The molecule has 0 aliphatic carbocycles. The van der Waals surface area contributed by atoms with Gasteiger partial charge < -0.3 is 15.7 Å². The average molecular weight is 422 g/mol. The Morgan fingerprint density at radius 1 is 0.875 bits per heavy atom. The lowest BCUT2D eigenvalue weighted by atomic mass is 9.96. The van der Waals surface area contributed by atoms with Crippen molar-refractivity contribution in [1.82, 2.24) is 9.97 Å². The molecule has 3 aromatic carbocycles. The highest BCUT2D eigenvalue weighted by Gasteiger charge is 2.14. The van der Waals surface area contributed by atoms with Crippen LogP contribution in [0.4, 0.5) is 23.1 Å². The van der Waals surface area contributed by atoms with Gasteiger partial charge >= 0.3 is 0 Å². The highest BCUT2D eigenvalue weighted by molar-refractivity contribution is 5.66. The summed E-state index contributed by atoms with van der Waals surface area (Å²) in [5.74, 6) is 1.10. The van der Waals surface area contributed by atoms with Gasteiger partial charge in [0.1, 0.15) is 11.9 Å². The standard InChI is InChI=1S/C26H23N5O/c1-17-14-21(25(32)20-6-4-3-5-7-20)15-18(2)24(17)30-23-12-13-28-26(31-23)29-22-10-8-19(16-27)9-11-22/h3-15,25,32H,1-2H3,(H2,28,29,30,31)/t25-/m0/s1. The normalized spacial score (nSPS) is 11.4. The Morgan fingerprint density at radius 2 is 1.56 bits per heavy atom. The van der Waals surface area contributed by atoms with E-state index in [4.69, 9.17) is 5.26 Å². The second kappa shape index (κ2) is 9.29. The first kappa shape index (κ1) is 21.0. The summed E-state index contributed by atoms with van der Waals surface area (Å²) in [6.07, 6.45) is 1.00. The summed E-state index contributed by atoms with van der Waals surface area (Å²) in [6.45, 7) is 4.02. The van der Waals surface area contributed by atoms with E-state index in [9.17, 15) is 5.11 Å². The van der Waals surface area contributed by atoms with Gasteiger partial charge in [-0.15, -0.1) is 0 Å². The lowest BCUT2D eigenvalue weighted by molar-refractivity contribution is 0.220. The van der Waals surface area contributed by atoms with Gasteiger partial charge in [-0.25, -0.2) is 4.98 Å². The van der Waals surface area contributed by atoms with Crippen molar-refractivity contribution in [1.29, 1.82) is 5.26 Å². The maximum absolute atomic E-state index is 10.8. The summed E-state index contributed by atoms with van der Waals surface area (Å²) in [6, 6.07) is 24.6. The predicted octanol–water partition coefficient (Wildman–Crippen LogP) is 5.53. The van der Waals surface area contributed by atoms with E-state index in [0.29, 0.717) is 17.3 Å². The van der Waals surface area contributed by atoms with E-state index >= 15 is 0 Å². The summed E-state index contributed by atoms with van der Waals surface area (Å²) in [4.78, 5) is 8.82. The molecule has 3 N–H and O–H groups in total. The minimum absolute atomic E-state index is 0.450. The minimum Gasteiger partial charge on any atom is -0.384 e. The van der Waals surface area contributed by atoms with E-state index in [1.165, 1.54) is 0 Å². The Morgan fingerprint density at radius 3 is 2.22 bits per heavy atom. The lowest BCUT2D eigenvalue weighted by Crippen LogP contribution is -2.05. The van der Waals surface area contributed by atoms with Gasteiger partial charge in [0.25, 0.3) is 0 Å². The van der Waals surface area contributed by atoms with Gasteiger partial charge in [0.05, 0.1) is 11.6 Å². The van der Waals surface area contributed by atoms with E-state index < -0.39 is 6.10 Å². The van der Waals surface area contributed by atoms with Gasteiger partial charge in [0.15, 0.2) is 0 Å². The van der Waals surface area contributed by atoms with Crippen LogP contribution in [-0.4, -0.2) is 15.1 Å². The molecule has 158 valence electrons. The van der Waals surface area contributed by atoms with Crippen molar-refractivity contribution in [2.45, 2.75) is 20.0 Å². The molecule has 0 aliphatic rings. The van der Waals surface area contributed by atoms with Crippen LogP contribution in [0, 0.1) is 25.2 Å². The lowest BCUT2D eigenvalue weighted by Gasteiger charge is -2.18. The Labute approximate surface area is 187 Å². The first-order chi connectivity index (χ1) is 15.5. The number of aliphatic hydroxyl groups excluding tert-OH is 1. The molecule has 0 saturated carbocycles. The molecule has 4 aromatic rings. The second-order valence-corrected chi connectivity index (χ2v) is 7.55. The molecular weight excluding hydrogens is 398 g/mol. The number of nitrogens with one attached hydrogen (secondary N) is 2. The fourth-order valence-electron chi connectivity index (χ4n) is 3.55. The van der Waals surface area contributed by atoms with Crippen molar-refractivity contribution in [3.63, 3.8) is 0 Å². The van der Waals surface area contributed by atoms with Gasteiger partial charge in [-0.3, -0.25) is 0 Å². The number of aromatic nitrogens is 2. The number of aliphatic hydroxyl groups is 1. The Bertz CT molecular complexity index is 1240. The van der Waals surface area contributed by atoms with E-state index in [2.05, 4.69) is 26.7 Å². The first-order valence-corrected chi connectivity index (χ1v) is 10.2. The van der Waals surface area contributed by atoms with Crippen LogP contribution in [-0.2, 0) is 0 Å². The maximum Gasteiger partial charge on any atom is 0.229 e. The fourth-order valence-corrected chi connectivity index (χ4v) is 3.55. The molecule has 32 heavy (non-hydrogen) atoms. The van der Waals surface area contributed by atoms with Crippen LogP contribution in [0.5, 0.6) is 0 Å². The van der Waals surface area contributed by atoms with E-state index in [-0.39, 0.29) is 0 Å². The molecule has 6 nitrogen and oxygen atoms in total. The third-order valence-corrected chi connectivity index (χ3v) is 5.16. The maximum atomic E-state index is 10.8. The van der Waals surface area contributed by atoms with Crippen molar-refractivity contribution in [3.8, 4) is 6.07 Å². The number of hydrogen-bond donors (Lipinski definition) is 3. The molecule has 0 fully saturated rings. The van der Waals surface area contributed by atoms with Crippen LogP contribution in [0.15, 0.2) is 79.0 Å². The van der Waals surface area contributed by atoms with Crippen molar-refractivity contribution in [3.05, 3.63) is 107 Å². The van der Waals surface area contributed by atoms with Gasteiger partial charge in [-0.1, -0.05) is 42.5 Å². The number of aryl methyl sites for hydroxylation is 2. The van der Waals surface area contributed by atoms with Crippen molar-refractivity contribution < 1.29 is 5.11 Å². The molecule has 0 spiro atoms. The first-order valence-electron chi connectivity index (χ1n) is 10.2. The topological polar surface area (TPSA) is 93.9 Å². The monoisotopic (exact) mass is 421 g/mol. The summed E-state index contributed by atoms with van der Waals surface area (Å²) in [7, 11) is 0. The molecule has 0 saturated heterocycles. The number of rotatable bonds is 6. The Hall–Kier alpha value is -4.21. The minimum atomic E-state index is -0.676.